The highest BCUT2D eigenvalue weighted by molar-refractivity contribution is 7.83. The maximum atomic E-state index is 7.10. The Balaban J connectivity index is 3.67. The molecule has 3 nitrogen and oxygen atoms in total. The Kier molecular flexibility index (Phi) is 4.58. The second-order valence-electron chi connectivity index (χ2n) is 8.88. The van der Waals surface area contributed by atoms with Crippen molar-refractivity contribution in [3.8, 4) is 0 Å². The van der Waals surface area contributed by atoms with Gasteiger partial charge >= 0.3 is 0 Å². The molecule has 0 aliphatic carbocycles. The second-order valence-corrected chi connectivity index (χ2v) is 47.9. The van der Waals surface area contributed by atoms with Crippen molar-refractivity contribution in [3.63, 3.8) is 0 Å². The quantitative estimate of drug-likeness (QED) is 0.564. The Hall–Kier alpha value is 0.748. The predicted molar refractivity (Wildman–Crippen MR) is 101 cm³/mol. The smallest absolute Gasteiger partial charge is 0.174 e. The Morgan fingerprint density at radius 1 is 0.650 bits per heavy atom. The third-order valence-corrected chi connectivity index (χ3v) is 73.5. The van der Waals surface area contributed by atoms with E-state index in [-0.39, 0.29) is 5.47 Å². The van der Waals surface area contributed by atoms with Gasteiger partial charge in [0, 0.05) is 7.11 Å². The van der Waals surface area contributed by atoms with Crippen molar-refractivity contribution in [1.82, 2.24) is 9.80 Å². The van der Waals surface area contributed by atoms with E-state index in [9.17, 15) is 0 Å². The lowest BCUT2D eigenvalue weighted by Crippen LogP contribution is -2.95. The first-order valence-electron chi connectivity index (χ1n) is 7.64. The highest BCUT2D eigenvalue weighted by atomic mass is 29.8. The molecule has 1 heterocycles. The summed E-state index contributed by atoms with van der Waals surface area (Å²) in [6, 6.07) is 0. The van der Waals surface area contributed by atoms with Crippen LogP contribution in [-0.2, 0) is 4.43 Å². The monoisotopic (exact) mass is 348 g/mol. The van der Waals surface area contributed by atoms with Crippen LogP contribution in [0.2, 0.25) is 52.4 Å². The van der Waals surface area contributed by atoms with E-state index in [1.165, 1.54) is 0 Å². The molecule has 0 saturated carbocycles. The molecular weight excluding hydrogens is 313 g/mol. The topological polar surface area (TPSA) is 15.7 Å². The maximum absolute atomic E-state index is 7.10. The molecule has 0 aromatic rings. The van der Waals surface area contributed by atoms with Gasteiger partial charge in [-0.05, 0) is 41.3 Å². The van der Waals surface area contributed by atoms with Crippen LogP contribution in [0.15, 0.2) is 0 Å². The van der Waals surface area contributed by atoms with Crippen molar-refractivity contribution in [2.75, 3.05) is 28.2 Å². The van der Waals surface area contributed by atoms with Crippen LogP contribution in [0.3, 0.4) is 0 Å². The number of hydrogen-bond acceptors (Lipinski definition) is 3. The van der Waals surface area contributed by atoms with Gasteiger partial charge in [-0.25, -0.2) is 0 Å². The first kappa shape index (κ1) is 18.8. The van der Waals surface area contributed by atoms with E-state index in [2.05, 4.69) is 90.4 Å². The van der Waals surface area contributed by atoms with Crippen molar-refractivity contribution in [2.24, 2.45) is 0 Å². The zero-order valence-electron chi connectivity index (χ0n) is 15.8. The molecule has 120 valence electrons. The lowest BCUT2D eigenvalue weighted by Gasteiger charge is -2.70. The minimum atomic E-state index is -1.65. The van der Waals surface area contributed by atoms with Crippen LogP contribution in [0, 0.1) is 0 Å². The molecule has 0 atom stereocenters. The molecule has 1 fully saturated rings. The van der Waals surface area contributed by atoms with Crippen LogP contribution in [0.1, 0.15) is 0 Å². The summed E-state index contributed by atoms with van der Waals surface area (Å²) >= 11 is 0. The fourth-order valence-corrected chi connectivity index (χ4v) is 74.5. The SMILES string of the molecule is CN(C)C1(N(C)C)O[Si](C)(C)[Si](C)(C)[Si](C)(C)[Si]1(C)C. The molecule has 0 radical (unpaired) electrons. The predicted octanol–water partition coefficient (Wildman–Crippen LogP) is 2.90. The van der Waals surface area contributed by atoms with Gasteiger partial charge in [-0.2, -0.15) is 0 Å². The zero-order valence-corrected chi connectivity index (χ0v) is 19.8. The molecule has 0 spiro atoms. The lowest BCUT2D eigenvalue weighted by atomic mass is 10.7. The molecule has 7 heteroatoms. The summed E-state index contributed by atoms with van der Waals surface area (Å²) in [5.41, 5.74) is -0.138. The van der Waals surface area contributed by atoms with Gasteiger partial charge in [0.1, 0.15) is 13.1 Å². The van der Waals surface area contributed by atoms with Gasteiger partial charge < -0.3 is 4.43 Å². The van der Waals surface area contributed by atoms with Crippen LogP contribution >= 0.6 is 0 Å². The molecule has 0 unspecified atom stereocenters. The third-order valence-electron chi connectivity index (χ3n) is 7.05. The van der Waals surface area contributed by atoms with Crippen LogP contribution < -0.4 is 0 Å². The van der Waals surface area contributed by atoms with Crippen LogP contribution in [0.5, 0.6) is 0 Å². The summed E-state index contributed by atoms with van der Waals surface area (Å²) in [5, 5.41) is 0. The minimum Gasteiger partial charge on any atom is -0.394 e. The van der Waals surface area contributed by atoms with E-state index < -0.39 is 29.6 Å². The molecule has 1 saturated heterocycles. The van der Waals surface area contributed by atoms with Gasteiger partial charge in [0.15, 0.2) is 7.83 Å². The molecule has 1 rings (SSSR count). The van der Waals surface area contributed by atoms with Gasteiger partial charge in [0.2, 0.25) is 0 Å². The van der Waals surface area contributed by atoms with Gasteiger partial charge in [0.05, 0.1) is 7.11 Å². The van der Waals surface area contributed by atoms with E-state index in [0.29, 0.717) is 0 Å². The number of nitrogens with zero attached hydrogens (tertiary/aromatic N) is 2. The molecule has 20 heavy (non-hydrogen) atoms. The van der Waals surface area contributed by atoms with Crippen molar-refractivity contribution < 1.29 is 4.43 Å². The van der Waals surface area contributed by atoms with Gasteiger partial charge in [-0.15, -0.1) is 0 Å². The van der Waals surface area contributed by atoms with Crippen molar-refractivity contribution >= 4 is 29.6 Å². The number of rotatable bonds is 2. The Bertz CT molecular complexity index is 384. The average molecular weight is 349 g/mol. The zero-order chi connectivity index (χ0) is 16.4. The lowest BCUT2D eigenvalue weighted by molar-refractivity contribution is -0.101. The van der Waals surface area contributed by atoms with Crippen molar-refractivity contribution in [3.05, 3.63) is 0 Å². The highest BCUT2D eigenvalue weighted by Crippen LogP contribution is 2.49. The van der Waals surface area contributed by atoms with E-state index in [0.717, 1.165) is 0 Å². The normalized spacial score (nSPS) is 29.7. The first-order valence-corrected chi connectivity index (χ1v) is 22.6. The third kappa shape index (κ3) is 1.97. The van der Waals surface area contributed by atoms with E-state index >= 15 is 0 Å². The molecule has 0 amide bonds. The molecule has 0 aromatic carbocycles. The molecule has 0 aromatic heterocycles. The molecule has 0 bridgehead atoms. The standard InChI is InChI=1S/C13H36N2OSi4/c1-14(2)13(15(3)4)16-18(7,8)20(11,12)19(9,10)17(13,5)6/h1-12H3. The van der Waals surface area contributed by atoms with Crippen LogP contribution in [0.4, 0.5) is 0 Å². The summed E-state index contributed by atoms with van der Waals surface area (Å²) in [4.78, 5) is 4.76. The Labute approximate surface area is 130 Å². The summed E-state index contributed by atoms with van der Waals surface area (Å²) in [6.45, 7) is 20.8. The van der Waals surface area contributed by atoms with Crippen LogP contribution in [-0.4, -0.2) is 73.1 Å². The molecule has 1 aliphatic rings. The average Bonchev–Trinajstić information content (AvgIpc) is 2.22. The van der Waals surface area contributed by atoms with Crippen LogP contribution in [0.25, 0.3) is 0 Å². The van der Waals surface area contributed by atoms with Gasteiger partial charge in [-0.3, -0.25) is 9.80 Å². The fraction of sp³-hybridized carbons (Fsp3) is 1.00. The highest BCUT2D eigenvalue weighted by Gasteiger charge is 2.73. The summed E-state index contributed by atoms with van der Waals surface area (Å²) in [5.74, 6) is 0. The fourth-order valence-electron chi connectivity index (χ4n) is 4.25. The summed E-state index contributed by atoms with van der Waals surface area (Å²) < 4.78 is 7.10. The Morgan fingerprint density at radius 2 is 1.00 bits per heavy atom. The summed E-state index contributed by atoms with van der Waals surface area (Å²) in [6.07, 6.45) is 0. The molecule has 0 N–H and O–H groups in total. The molecule has 1 aliphatic heterocycles. The number of hydrogen-bond donors (Lipinski definition) is 0. The van der Waals surface area contributed by atoms with E-state index in [4.69, 9.17) is 4.43 Å². The minimum absolute atomic E-state index is 0.138. The first-order chi connectivity index (χ1) is 8.59. The van der Waals surface area contributed by atoms with E-state index in [1.807, 2.05) is 0 Å². The van der Waals surface area contributed by atoms with E-state index in [1.54, 1.807) is 0 Å². The van der Waals surface area contributed by atoms with Crippen molar-refractivity contribution in [2.45, 2.75) is 57.8 Å². The largest absolute Gasteiger partial charge is 0.394 e. The van der Waals surface area contributed by atoms with Gasteiger partial charge in [0.25, 0.3) is 0 Å². The maximum Gasteiger partial charge on any atom is 0.174 e. The van der Waals surface area contributed by atoms with Crippen molar-refractivity contribution in [1.29, 1.82) is 0 Å². The van der Waals surface area contributed by atoms with Gasteiger partial charge in [-0.1, -0.05) is 39.3 Å². The molecular formula is C13H36N2OSi4. The summed E-state index contributed by atoms with van der Waals surface area (Å²) in [7, 11) is 3.00. The Morgan fingerprint density at radius 3 is 1.30 bits per heavy atom. The second kappa shape index (κ2) is 4.87.